The van der Waals surface area contributed by atoms with Crippen molar-refractivity contribution >= 4 is 0 Å². The number of benzene rings is 2. The second kappa shape index (κ2) is 6.13. The van der Waals surface area contributed by atoms with Crippen molar-refractivity contribution in [2.45, 2.75) is 20.1 Å². The van der Waals surface area contributed by atoms with Crippen LogP contribution in [0.25, 0.3) is 16.9 Å². The molecule has 0 bridgehead atoms. The van der Waals surface area contributed by atoms with Crippen LogP contribution >= 0.6 is 0 Å². The molecule has 24 heavy (non-hydrogen) atoms. The van der Waals surface area contributed by atoms with E-state index in [0.717, 1.165) is 24.6 Å². The highest BCUT2D eigenvalue weighted by Gasteiger charge is 2.28. The number of aromatic nitrogens is 2. The molecule has 0 N–H and O–H groups in total. The van der Waals surface area contributed by atoms with E-state index in [0.29, 0.717) is 6.61 Å². The van der Waals surface area contributed by atoms with Crippen LogP contribution in [0.1, 0.15) is 11.4 Å². The predicted octanol–water partition coefficient (Wildman–Crippen LogP) is 3.28. The van der Waals surface area contributed by atoms with E-state index in [4.69, 9.17) is 9.47 Å². The molecule has 0 saturated heterocycles. The van der Waals surface area contributed by atoms with Gasteiger partial charge in [0.25, 0.3) is 5.82 Å². The number of hydrogen-bond donors (Lipinski definition) is 0. The van der Waals surface area contributed by atoms with Gasteiger partial charge in [0.05, 0.1) is 13.7 Å². The van der Waals surface area contributed by atoms with Gasteiger partial charge in [0.2, 0.25) is 0 Å². The number of imidazole rings is 1. The van der Waals surface area contributed by atoms with E-state index in [-0.39, 0.29) is 0 Å². The van der Waals surface area contributed by atoms with E-state index < -0.39 is 0 Å². The van der Waals surface area contributed by atoms with Gasteiger partial charge in [0.1, 0.15) is 30.8 Å². The summed E-state index contributed by atoms with van der Waals surface area (Å²) in [5, 5.41) is 0. The lowest BCUT2D eigenvalue weighted by molar-refractivity contribution is -0.706. The molecule has 1 aliphatic heterocycles. The number of hydrogen-bond acceptors (Lipinski definition) is 2. The average molecular weight is 321 g/mol. The molecule has 4 nitrogen and oxygen atoms in total. The first-order chi connectivity index (χ1) is 11.8. The first-order valence-corrected chi connectivity index (χ1v) is 8.19. The lowest BCUT2D eigenvalue weighted by atomic mass is 10.1. The molecule has 0 radical (unpaired) electrons. The molecular formula is C20H21N2O2+. The summed E-state index contributed by atoms with van der Waals surface area (Å²) in [6.45, 7) is 4.37. The van der Waals surface area contributed by atoms with Crippen LogP contribution in [0.3, 0.4) is 0 Å². The van der Waals surface area contributed by atoms with Gasteiger partial charge in [-0.1, -0.05) is 29.8 Å². The van der Waals surface area contributed by atoms with E-state index >= 15 is 0 Å². The number of rotatable bonds is 3. The Balaban J connectivity index is 1.84. The molecule has 0 atom stereocenters. The summed E-state index contributed by atoms with van der Waals surface area (Å²) in [6, 6.07) is 16.8. The molecule has 122 valence electrons. The fourth-order valence-corrected chi connectivity index (χ4v) is 3.17. The fraction of sp³-hybridized carbons (Fsp3) is 0.250. The van der Waals surface area contributed by atoms with E-state index in [1.165, 1.54) is 22.6 Å². The van der Waals surface area contributed by atoms with Gasteiger partial charge in [-0.15, -0.1) is 0 Å². The van der Waals surface area contributed by atoms with Crippen molar-refractivity contribution in [2.75, 3.05) is 13.7 Å². The van der Waals surface area contributed by atoms with Gasteiger partial charge in [-0.2, -0.15) is 4.57 Å². The summed E-state index contributed by atoms with van der Waals surface area (Å²) in [6.07, 6.45) is 2.20. The maximum atomic E-state index is 5.70. The van der Waals surface area contributed by atoms with Crippen LogP contribution in [0.4, 0.5) is 0 Å². The number of nitrogens with zero attached hydrogens (tertiary/aromatic N) is 2. The van der Waals surface area contributed by atoms with Crippen molar-refractivity contribution < 1.29 is 14.0 Å². The maximum Gasteiger partial charge on any atom is 0.288 e. The quantitative estimate of drug-likeness (QED) is 0.692. The fourth-order valence-electron chi connectivity index (χ4n) is 3.17. The molecule has 0 amide bonds. The van der Waals surface area contributed by atoms with Gasteiger partial charge in [0.15, 0.2) is 5.69 Å². The number of fused-ring (bicyclic) bond motifs is 1. The minimum atomic E-state index is 0.623. The molecule has 1 aromatic heterocycles. The molecule has 0 aliphatic carbocycles. The van der Waals surface area contributed by atoms with Gasteiger partial charge in [0, 0.05) is 5.56 Å². The summed E-state index contributed by atoms with van der Waals surface area (Å²) in [5.74, 6) is 2.03. The molecule has 2 heterocycles. The Kier molecular flexibility index (Phi) is 3.82. The number of methoxy groups -OCH3 is 1. The molecule has 0 unspecified atom stereocenters. The van der Waals surface area contributed by atoms with Gasteiger partial charge < -0.3 is 9.47 Å². The van der Waals surface area contributed by atoms with Gasteiger partial charge in [-0.25, -0.2) is 4.57 Å². The molecule has 1 aliphatic rings. The third-order valence-corrected chi connectivity index (χ3v) is 4.52. The van der Waals surface area contributed by atoms with Crippen LogP contribution in [-0.4, -0.2) is 18.3 Å². The highest BCUT2D eigenvalue weighted by molar-refractivity contribution is 5.57. The number of aryl methyl sites for hydroxylation is 1. The van der Waals surface area contributed by atoms with Crippen molar-refractivity contribution in [3.8, 4) is 22.7 Å². The van der Waals surface area contributed by atoms with Gasteiger partial charge in [-0.3, -0.25) is 0 Å². The Bertz CT molecular complexity index is 849. The minimum absolute atomic E-state index is 0.623. The summed E-state index contributed by atoms with van der Waals surface area (Å²) < 4.78 is 15.5. The zero-order chi connectivity index (χ0) is 16.5. The van der Waals surface area contributed by atoms with Crippen LogP contribution in [0.2, 0.25) is 0 Å². The Morgan fingerprint density at radius 3 is 2.50 bits per heavy atom. The minimum Gasteiger partial charge on any atom is -0.497 e. The normalized spacial score (nSPS) is 13.6. The maximum absolute atomic E-state index is 5.70. The molecule has 4 heteroatoms. The Morgan fingerprint density at radius 1 is 1.04 bits per heavy atom. The first-order valence-electron chi connectivity index (χ1n) is 8.19. The smallest absolute Gasteiger partial charge is 0.288 e. The number of ether oxygens (including phenoxy) is 2. The van der Waals surface area contributed by atoms with Crippen LogP contribution in [0.15, 0.2) is 54.7 Å². The highest BCUT2D eigenvalue weighted by Crippen LogP contribution is 2.23. The molecule has 2 aromatic carbocycles. The first kappa shape index (κ1) is 15.0. The van der Waals surface area contributed by atoms with Crippen molar-refractivity contribution in [1.82, 2.24) is 4.57 Å². The Morgan fingerprint density at radius 2 is 1.79 bits per heavy atom. The molecule has 0 spiro atoms. The second-order valence-corrected chi connectivity index (χ2v) is 6.07. The topological polar surface area (TPSA) is 27.3 Å². The van der Waals surface area contributed by atoms with Gasteiger partial charge >= 0.3 is 0 Å². The lowest BCUT2D eigenvalue weighted by Gasteiger charge is -2.12. The Hall–Kier alpha value is -2.59. The standard InChI is InChI=1S/C20H21N2O2/c1-15-3-5-16(6-4-15)19-13-22(20-14-24-12-11-21(19)20)17-7-9-18(23-2)10-8-17/h3-10,13H,11-12,14H2,1-2H3/q+1. The van der Waals surface area contributed by atoms with E-state index in [2.05, 4.69) is 58.7 Å². The zero-order valence-electron chi connectivity index (χ0n) is 14.0. The molecule has 3 aromatic rings. The van der Waals surface area contributed by atoms with E-state index in [1.807, 2.05) is 12.1 Å². The molecule has 0 saturated carbocycles. The SMILES string of the molecule is COc1ccc(-n2cc(-c3ccc(C)cc3)[n+]3c2COCC3)cc1. The predicted molar refractivity (Wildman–Crippen MR) is 92.3 cm³/mol. The molecule has 4 rings (SSSR count). The second-order valence-electron chi connectivity index (χ2n) is 6.07. The third-order valence-electron chi connectivity index (χ3n) is 4.52. The largest absolute Gasteiger partial charge is 0.497 e. The monoisotopic (exact) mass is 321 g/mol. The van der Waals surface area contributed by atoms with Crippen molar-refractivity contribution in [1.29, 1.82) is 0 Å². The lowest BCUT2D eigenvalue weighted by Crippen LogP contribution is -2.45. The van der Waals surface area contributed by atoms with Crippen molar-refractivity contribution in [2.24, 2.45) is 0 Å². The van der Waals surface area contributed by atoms with Gasteiger partial charge in [-0.05, 0) is 31.2 Å². The third kappa shape index (κ3) is 2.59. The zero-order valence-corrected chi connectivity index (χ0v) is 14.0. The summed E-state index contributed by atoms with van der Waals surface area (Å²) in [7, 11) is 1.69. The summed E-state index contributed by atoms with van der Waals surface area (Å²) >= 11 is 0. The van der Waals surface area contributed by atoms with Crippen molar-refractivity contribution in [3.05, 3.63) is 66.1 Å². The Labute approximate surface area is 141 Å². The molecule has 0 fully saturated rings. The highest BCUT2D eigenvalue weighted by atomic mass is 16.5. The summed E-state index contributed by atoms with van der Waals surface area (Å²) in [4.78, 5) is 0. The van der Waals surface area contributed by atoms with Crippen LogP contribution < -0.4 is 9.30 Å². The van der Waals surface area contributed by atoms with Crippen LogP contribution in [0, 0.1) is 6.92 Å². The molecular weight excluding hydrogens is 300 g/mol. The van der Waals surface area contributed by atoms with Crippen LogP contribution in [-0.2, 0) is 17.9 Å². The van der Waals surface area contributed by atoms with E-state index in [9.17, 15) is 0 Å². The van der Waals surface area contributed by atoms with Crippen LogP contribution in [0.5, 0.6) is 5.75 Å². The summed E-state index contributed by atoms with van der Waals surface area (Å²) in [5.41, 5.74) is 4.85. The average Bonchev–Trinajstić information content (AvgIpc) is 3.02. The van der Waals surface area contributed by atoms with E-state index in [1.54, 1.807) is 7.11 Å². The van der Waals surface area contributed by atoms with Crippen molar-refractivity contribution in [3.63, 3.8) is 0 Å².